The van der Waals surface area contributed by atoms with Crippen LogP contribution in [0.1, 0.15) is 73.6 Å². The summed E-state index contributed by atoms with van der Waals surface area (Å²) in [5, 5.41) is 2.95. The number of piperazine rings is 1. The van der Waals surface area contributed by atoms with E-state index in [-0.39, 0.29) is 17.2 Å². The number of hydrogen-bond acceptors (Lipinski definition) is 2. The van der Waals surface area contributed by atoms with Crippen molar-refractivity contribution in [3.63, 3.8) is 0 Å². The van der Waals surface area contributed by atoms with Crippen molar-refractivity contribution in [1.82, 2.24) is 10.2 Å². The van der Waals surface area contributed by atoms with Gasteiger partial charge in [0.25, 0.3) is 0 Å². The molecule has 1 N–H and O–H groups in total. The van der Waals surface area contributed by atoms with Crippen molar-refractivity contribution >= 4 is 11.8 Å². The first-order valence-electron chi connectivity index (χ1n) is 8.31. The lowest BCUT2D eigenvalue weighted by Gasteiger charge is -2.49. The molecule has 0 saturated carbocycles. The van der Waals surface area contributed by atoms with Crippen molar-refractivity contribution in [3.05, 3.63) is 0 Å². The zero-order valence-electron chi connectivity index (χ0n) is 14.6. The van der Waals surface area contributed by atoms with Gasteiger partial charge in [0, 0.05) is 6.54 Å². The summed E-state index contributed by atoms with van der Waals surface area (Å²) in [6.45, 7) is 12.7. The molecule has 2 atom stereocenters. The van der Waals surface area contributed by atoms with Crippen LogP contribution in [0.2, 0.25) is 0 Å². The summed E-state index contributed by atoms with van der Waals surface area (Å²) < 4.78 is 0. The average molecular weight is 296 g/mol. The lowest BCUT2D eigenvalue weighted by Crippen LogP contribution is -2.71. The monoisotopic (exact) mass is 296 g/mol. The second kappa shape index (κ2) is 6.80. The SMILES string of the molecule is CCCCCCN1C(=O)C(C(C)(C)C)NC(=O)C1(C)CC. The van der Waals surface area contributed by atoms with E-state index in [2.05, 4.69) is 12.2 Å². The van der Waals surface area contributed by atoms with Gasteiger partial charge < -0.3 is 10.2 Å². The van der Waals surface area contributed by atoms with Crippen LogP contribution in [0.15, 0.2) is 0 Å². The fourth-order valence-corrected chi connectivity index (χ4v) is 2.86. The maximum Gasteiger partial charge on any atom is 0.246 e. The molecule has 0 bridgehead atoms. The fraction of sp³-hybridized carbons (Fsp3) is 0.882. The van der Waals surface area contributed by atoms with E-state index in [1.807, 2.05) is 39.5 Å². The topological polar surface area (TPSA) is 49.4 Å². The van der Waals surface area contributed by atoms with Gasteiger partial charge in [-0.2, -0.15) is 0 Å². The molecule has 1 rings (SSSR count). The molecule has 21 heavy (non-hydrogen) atoms. The fourth-order valence-electron chi connectivity index (χ4n) is 2.86. The first kappa shape index (κ1) is 18.0. The van der Waals surface area contributed by atoms with Crippen molar-refractivity contribution in [1.29, 1.82) is 0 Å². The molecule has 0 spiro atoms. The van der Waals surface area contributed by atoms with Gasteiger partial charge in [0.1, 0.15) is 11.6 Å². The van der Waals surface area contributed by atoms with Gasteiger partial charge in [-0.3, -0.25) is 9.59 Å². The Morgan fingerprint density at radius 2 is 1.76 bits per heavy atom. The van der Waals surface area contributed by atoms with Crippen LogP contribution in [0.3, 0.4) is 0 Å². The number of carbonyl (C=O) groups excluding carboxylic acids is 2. The van der Waals surface area contributed by atoms with E-state index in [9.17, 15) is 9.59 Å². The quantitative estimate of drug-likeness (QED) is 0.766. The molecule has 1 aliphatic heterocycles. The van der Waals surface area contributed by atoms with Crippen LogP contribution in [0.5, 0.6) is 0 Å². The highest BCUT2D eigenvalue weighted by Gasteiger charge is 2.50. The van der Waals surface area contributed by atoms with Crippen molar-refractivity contribution in [3.8, 4) is 0 Å². The van der Waals surface area contributed by atoms with E-state index in [0.29, 0.717) is 13.0 Å². The lowest BCUT2D eigenvalue weighted by atomic mass is 9.80. The third-order valence-corrected chi connectivity index (χ3v) is 4.66. The molecule has 0 aliphatic carbocycles. The van der Waals surface area contributed by atoms with Gasteiger partial charge in [0.05, 0.1) is 0 Å². The second-order valence-corrected chi connectivity index (χ2v) is 7.45. The van der Waals surface area contributed by atoms with Crippen LogP contribution in [0.25, 0.3) is 0 Å². The zero-order valence-corrected chi connectivity index (χ0v) is 14.6. The average Bonchev–Trinajstić information content (AvgIpc) is 2.40. The second-order valence-electron chi connectivity index (χ2n) is 7.45. The Labute approximate surface area is 129 Å². The molecule has 4 heteroatoms. The summed E-state index contributed by atoms with van der Waals surface area (Å²) in [5.74, 6) is 0.0583. The van der Waals surface area contributed by atoms with Crippen molar-refractivity contribution in [2.45, 2.75) is 85.2 Å². The van der Waals surface area contributed by atoms with Crippen LogP contribution < -0.4 is 5.32 Å². The highest BCUT2D eigenvalue weighted by Crippen LogP contribution is 2.31. The number of carbonyl (C=O) groups is 2. The Kier molecular flexibility index (Phi) is 5.83. The minimum Gasteiger partial charge on any atom is -0.342 e. The van der Waals surface area contributed by atoms with E-state index < -0.39 is 11.6 Å². The molecule has 1 fully saturated rings. The molecule has 2 unspecified atom stereocenters. The number of hydrogen-bond donors (Lipinski definition) is 1. The molecule has 4 nitrogen and oxygen atoms in total. The lowest BCUT2D eigenvalue weighted by molar-refractivity contribution is -0.160. The first-order valence-corrected chi connectivity index (χ1v) is 8.31. The molecule has 0 aromatic heterocycles. The van der Waals surface area contributed by atoms with E-state index in [0.717, 1.165) is 12.8 Å². The predicted molar refractivity (Wildman–Crippen MR) is 85.9 cm³/mol. The summed E-state index contributed by atoms with van der Waals surface area (Å²) in [6.07, 6.45) is 5.08. The highest BCUT2D eigenvalue weighted by molar-refractivity contribution is 5.99. The third kappa shape index (κ3) is 3.78. The number of amides is 2. The van der Waals surface area contributed by atoms with Gasteiger partial charge in [0.2, 0.25) is 11.8 Å². The smallest absolute Gasteiger partial charge is 0.246 e. The van der Waals surface area contributed by atoms with Crippen molar-refractivity contribution in [2.24, 2.45) is 5.41 Å². The van der Waals surface area contributed by atoms with E-state index in [1.165, 1.54) is 12.8 Å². The maximum absolute atomic E-state index is 12.9. The third-order valence-electron chi connectivity index (χ3n) is 4.66. The number of nitrogens with zero attached hydrogens (tertiary/aromatic N) is 1. The summed E-state index contributed by atoms with van der Waals surface area (Å²) in [4.78, 5) is 27.2. The minimum absolute atomic E-state index is 0.0139. The van der Waals surface area contributed by atoms with E-state index in [1.54, 1.807) is 0 Å². The molecule has 2 amide bonds. The Bertz CT molecular complexity index is 387. The van der Waals surface area contributed by atoms with Crippen LogP contribution >= 0.6 is 0 Å². The number of unbranched alkanes of at least 4 members (excludes halogenated alkanes) is 3. The van der Waals surface area contributed by atoms with Crippen molar-refractivity contribution in [2.75, 3.05) is 6.54 Å². The van der Waals surface area contributed by atoms with Gasteiger partial charge in [-0.25, -0.2) is 0 Å². The molecule has 1 aliphatic rings. The molecule has 122 valence electrons. The van der Waals surface area contributed by atoms with Gasteiger partial charge >= 0.3 is 0 Å². The Morgan fingerprint density at radius 1 is 1.14 bits per heavy atom. The van der Waals surface area contributed by atoms with Crippen LogP contribution in [0.4, 0.5) is 0 Å². The molecule has 1 saturated heterocycles. The molecule has 1 heterocycles. The minimum atomic E-state index is -0.703. The Hall–Kier alpha value is -1.06. The number of rotatable bonds is 6. The van der Waals surface area contributed by atoms with Crippen LogP contribution in [-0.2, 0) is 9.59 Å². The van der Waals surface area contributed by atoms with Gasteiger partial charge in [-0.1, -0.05) is 53.9 Å². The van der Waals surface area contributed by atoms with Gasteiger partial charge in [-0.05, 0) is 25.2 Å². The molecular weight excluding hydrogens is 264 g/mol. The zero-order chi connectivity index (χ0) is 16.3. The van der Waals surface area contributed by atoms with Crippen LogP contribution in [0, 0.1) is 5.41 Å². The summed E-state index contributed by atoms with van der Waals surface area (Å²) in [5.41, 5.74) is -0.964. The largest absolute Gasteiger partial charge is 0.342 e. The normalized spacial score (nSPS) is 27.0. The van der Waals surface area contributed by atoms with Crippen LogP contribution in [-0.4, -0.2) is 34.8 Å². The highest BCUT2D eigenvalue weighted by atomic mass is 16.2. The number of nitrogens with one attached hydrogen (secondary N) is 1. The molecule has 0 radical (unpaired) electrons. The molecule has 0 aromatic rings. The molecular formula is C17H32N2O2. The van der Waals surface area contributed by atoms with E-state index in [4.69, 9.17) is 0 Å². The predicted octanol–water partition coefficient (Wildman–Crippen LogP) is 3.11. The van der Waals surface area contributed by atoms with Gasteiger partial charge in [-0.15, -0.1) is 0 Å². The van der Waals surface area contributed by atoms with Crippen molar-refractivity contribution < 1.29 is 9.59 Å². The standard InChI is InChI=1S/C17H32N2O2/c1-7-9-10-11-12-19-14(20)13(16(3,4)5)18-15(21)17(19,6)8-2/h13H,7-12H2,1-6H3,(H,18,21). The summed E-state index contributed by atoms with van der Waals surface area (Å²) >= 11 is 0. The first-order chi connectivity index (χ1) is 9.68. The maximum atomic E-state index is 12.9. The summed E-state index contributed by atoms with van der Waals surface area (Å²) in [6, 6.07) is -0.421. The van der Waals surface area contributed by atoms with Gasteiger partial charge in [0.15, 0.2) is 0 Å². The summed E-state index contributed by atoms with van der Waals surface area (Å²) in [7, 11) is 0. The Morgan fingerprint density at radius 3 is 2.24 bits per heavy atom. The van der Waals surface area contributed by atoms with E-state index >= 15 is 0 Å². The molecule has 0 aromatic carbocycles. The Balaban J connectivity index is 2.94.